The Morgan fingerprint density at radius 2 is 2.07 bits per heavy atom. The van der Waals surface area contributed by atoms with E-state index in [-0.39, 0.29) is 12.5 Å². The molecule has 2 heterocycles. The highest BCUT2D eigenvalue weighted by molar-refractivity contribution is 5.92. The second-order valence-electron chi connectivity index (χ2n) is 6.35. The average molecular weight is 394 g/mol. The standard InChI is InChI=1S/C18H22N2O8/c1-10-13(9-26-15(24)6-5-14(22)23)28-18(16(10)27-11(2)21)20-7-3-4-12(8-20)17(19)25/h3,5-8,10,13,16,18H,4,9H2,1-2H3,(H2,19,25)(H,22,23)/b6-5+/t10-,13-,16?,18-/m1/s1. The first kappa shape index (κ1) is 21.2. The molecule has 1 amide bonds. The van der Waals surface area contributed by atoms with Crippen molar-refractivity contribution >= 4 is 23.8 Å². The van der Waals surface area contributed by atoms with Crippen LogP contribution in [0.5, 0.6) is 0 Å². The van der Waals surface area contributed by atoms with Crippen LogP contribution in [-0.2, 0) is 33.4 Å². The van der Waals surface area contributed by atoms with Crippen molar-refractivity contribution in [1.82, 2.24) is 4.90 Å². The first-order valence-corrected chi connectivity index (χ1v) is 8.54. The molecule has 0 saturated carbocycles. The fourth-order valence-electron chi connectivity index (χ4n) is 2.89. The maximum Gasteiger partial charge on any atom is 0.331 e. The van der Waals surface area contributed by atoms with Gasteiger partial charge in [0, 0.05) is 43.0 Å². The summed E-state index contributed by atoms with van der Waals surface area (Å²) >= 11 is 0. The van der Waals surface area contributed by atoms with E-state index in [4.69, 9.17) is 25.1 Å². The van der Waals surface area contributed by atoms with Crippen molar-refractivity contribution in [2.75, 3.05) is 6.61 Å². The second-order valence-corrected chi connectivity index (χ2v) is 6.35. The number of hydrogen-bond acceptors (Lipinski definition) is 8. The number of carboxylic acids is 1. The fourth-order valence-corrected chi connectivity index (χ4v) is 2.89. The van der Waals surface area contributed by atoms with Gasteiger partial charge in [-0.25, -0.2) is 9.59 Å². The Morgan fingerprint density at radius 1 is 1.36 bits per heavy atom. The largest absolute Gasteiger partial charge is 0.478 e. The monoisotopic (exact) mass is 394 g/mol. The van der Waals surface area contributed by atoms with E-state index in [0.717, 1.165) is 6.08 Å². The van der Waals surface area contributed by atoms with Crippen LogP contribution in [0, 0.1) is 5.92 Å². The van der Waals surface area contributed by atoms with Crippen molar-refractivity contribution in [3.8, 4) is 0 Å². The van der Waals surface area contributed by atoms with Gasteiger partial charge in [0.2, 0.25) is 5.91 Å². The predicted molar refractivity (Wildman–Crippen MR) is 94.0 cm³/mol. The van der Waals surface area contributed by atoms with E-state index in [9.17, 15) is 19.2 Å². The number of aliphatic carboxylic acids is 1. The second kappa shape index (κ2) is 9.18. The van der Waals surface area contributed by atoms with Crippen molar-refractivity contribution < 1.29 is 38.5 Å². The van der Waals surface area contributed by atoms with Crippen LogP contribution >= 0.6 is 0 Å². The van der Waals surface area contributed by atoms with E-state index in [0.29, 0.717) is 18.1 Å². The lowest BCUT2D eigenvalue weighted by atomic mass is 10.00. The molecule has 1 saturated heterocycles. The Hall–Kier alpha value is -3.14. The molecule has 152 valence electrons. The molecule has 0 aromatic heterocycles. The third-order valence-electron chi connectivity index (χ3n) is 4.28. The number of rotatable bonds is 7. The molecule has 10 nitrogen and oxygen atoms in total. The molecular formula is C18H22N2O8. The van der Waals surface area contributed by atoms with Gasteiger partial charge < -0.3 is 30.0 Å². The quantitative estimate of drug-likeness (QED) is 0.452. The van der Waals surface area contributed by atoms with Gasteiger partial charge in [-0.3, -0.25) is 9.59 Å². The summed E-state index contributed by atoms with van der Waals surface area (Å²) in [7, 11) is 0. The third-order valence-corrected chi connectivity index (χ3v) is 4.28. The number of ether oxygens (including phenoxy) is 3. The summed E-state index contributed by atoms with van der Waals surface area (Å²) in [6.45, 7) is 2.87. The number of esters is 2. The minimum atomic E-state index is -1.27. The number of amides is 1. The highest BCUT2D eigenvalue weighted by Gasteiger charge is 2.47. The van der Waals surface area contributed by atoms with Crippen LogP contribution in [0.25, 0.3) is 0 Å². The Kier molecular flexibility index (Phi) is 6.94. The van der Waals surface area contributed by atoms with Crippen LogP contribution in [-0.4, -0.2) is 58.9 Å². The van der Waals surface area contributed by atoms with Gasteiger partial charge in [-0.15, -0.1) is 0 Å². The summed E-state index contributed by atoms with van der Waals surface area (Å²) in [6.07, 6.45) is 4.72. The van der Waals surface area contributed by atoms with E-state index in [2.05, 4.69) is 0 Å². The normalized spacial score (nSPS) is 26.8. The van der Waals surface area contributed by atoms with Gasteiger partial charge in [-0.2, -0.15) is 0 Å². The minimum Gasteiger partial charge on any atom is -0.478 e. The number of nitrogens with zero attached hydrogens (tertiary/aromatic N) is 1. The van der Waals surface area contributed by atoms with Crippen LogP contribution < -0.4 is 5.73 Å². The molecule has 0 bridgehead atoms. The number of allylic oxidation sites excluding steroid dienone is 1. The lowest BCUT2D eigenvalue weighted by Crippen LogP contribution is -2.40. The molecule has 4 atom stereocenters. The molecular weight excluding hydrogens is 372 g/mol. The lowest BCUT2D eigenvalue weighted by Gasteiger charge is -2.30. The summed E-state index contributed by atoms with van der Waals surface area (Å²) in [5.74, 6) is -3.52. The zero-order valence-corrected chi connectivity index (χ0v) is 15.4. The summed E-state index contributed by atoms with van der Waals surface area (Å²) < 4.78 is 16.3. The number of hydrogen-bond donors (Lipinski definition) is 2. The summed E-state index contributed by atoms with van der Waals surface area (Å²) in [4.78, 5) is 46.6. The van der Waals surface area contributed by atoms with Crippen LogP contribution in [0.2, 0.25) is 0 Å². The zero-order chi connectivity index (χ0) is 20.8. The van der Waals surface area contributed by atoms with E-state index in [1.165, 1.54) is 13.1 Å². The van der Waals surface area contributed by atoms with Crippen molar-refractivity contribution in [3.05, 3.63) is 36.2 Å². The molecule has 2 aliphatic rings. The Morgan fingerprint density at radius 3 is 2.68 bits per heavy atom. The van der Waals surface area contributed by atoms with Gasteiger partial charge in [-0.1, -0.05) is 13.0 Å². The SMILES string of the molecule is CC(=O)OC1[C@H](N2C=CCC(C(N)=O)=C2)O[C@H](COC(=O)/C=C/C(=O)O)[C@H]1C. The van der Waals surface area contributed by atoms with Gasteiger partial charge in [0.25, 0.3) is 0 Å². The van der Waals surface area contributed by atoms with Crippen LogP contribution in [0.3, 0.4) is 0 Å². The van der Waals surface area contributed by atoms with Gasteiger partial charge in [0.05, 0.1) is 0 Å². The summed E-state index contributed by atoms with van der Waals surface area (Å²) in [5, 5.41) is 8.52. The highest BCUT2D eigenvalue weighted by Crippen LogP contribution is 2.33. The van der Waals surface area contributed by atoms with Crippen LogP contribution in [0.4, 0.5) is 0 Å². The van der Waals surface area contributed by atoms with Gasteiger partial charge in [0.15, 0.2) is 12.3 Å². The number of nitrogens with two attached hydrogens (primary N) is 1. The van der Waals surface area contributed by atoms with E-state index in [1.54, 1.807) is 24.1 Å². The molecule has 0 radical (unpaired) electrons. The van der Waals surface area contributed by atoms with E-state index in [1.807, 2.05) is 0 Å². The molecule has 28 heavy (non-hydrogen) atoms. The van der Waals surface area contributed by atoms with Gasteiger partial charge in [-0.05, 0) is 6.42 Å². The van der Waals surface area contributed by atoms with E-state index < -0.39 is 42.3 Å². The fraction of sp³-hybridized carbons (Fsp3) is 0.444. The van der Waals surface area contributed by atoms with Crippen molar-refractivity contribution in [1.29, 1.82) is 0 Å². The van der Waals surface area contributed by atoms with Gasteiger partial charge >= 0.3 is 17.9 Å². The van der Waals surface area contributed by atoms with Crippen LogP contribution in [0.15, 0.2) is 36.2 Å². The third kappa shape index (κ3) is 5.43. The molecule has 2 aliphatic heterocycles. The first-order chi connectivity index (χ1) is 13.2. The number of carbonyl (C=O) groups excluding carboxylic acids is 3. The molecule has 3 N–H and O–H groups in total. The Bertz CT molecular complexity index is 742. The topological polar surface area (TPSA) is 145 Å². The first-order valence-electron chi connectivity index (χ1n) is 8.54. The Labute approximate surface area is 161 Å². The molecule has 10 heteroatoms. The molecule has 0 aromatic rings. The predicted octanol–water partition coefficient (Wildman–Crippen LogP) is 0.0517. The maximum atomic E-state index is 11.6. The maximum absolute atomic E-state index is 11.6. The molecule has 1 fully saturated rings. The zero-order valence-electron chi connectivity index (χ0n) is 15.4. The number of carboxylic acid groups (broad SMARTS) is 1. The Balaban J connectivity index is 2.12. The van der Waals surface area contributed by atoms with E-state index >= 15 is 0 Å². The summed E-state index contributed by atoms with van der Waals surface area (Å²) in [6, 6.07) is 0. The molecule has 0 spiro atoms. The number of primary amides is 1. The van der Waals surface area contributed by atoms with Crippen molar-refractivity contribution in [3.63, 3.8) is 0 Å². The highest BCUT2D eigenvalue weighted by atomic mass is 16.6. The van der Waals surface area contributed by atoms with Crippen molar-refractivity contribution in [2.45, 2.75) is 38.7 Å². The average Bonchev–Trinajstić information content (AvgIpc) is 2.93. The van der Waals surface area contributed by atoms with Crippen LogP contribution in [0.1, 0.15) is 20.3 Å². The lowest BCUT2D eigenvalue weighted by molar-refractivity contribution is -0.155. The number of carbonyl (C=O) groups is 4. The molecule has 0 aromatic carbocycles. The molecule has 1 unspecified atom stereocenters. The minimum absolute atomic E-state index is 0.165. The molecule has 0 aliphatic carbocycles. The van der Waals surface area contributed by atoms with Gasteiger partial charge in [0.1, 0.15) is 12.7 Å². The van der Waals surface area contributed by atoms with Crippen molar-refractivity contribution in [2.24, 2.45) is 11.7 Å². The smallest absolute Gasteiger partial charge is 0.331 e. The molecule has 2 rings (SSSR count). The summed E-state index contributed by atoms with van der Waals surface area (Å²) in [5.41, 5.74) is 5.70.